The summed E-state index contributed by atoms with van der Waals surface area (Å²) in [6.45, 7) is 7.13. The molecule has 0 fully saturated rings. The third-order valence-electron chi connectivity index (χ3n) is 4.66. The number of nitrogens with one attached hydrogen (secondary N) is 1. The van der Waals surface area contributed by atoms with Crippen molar-refractivity contribution in [3.8, 4) is 0 Å². The van der Waals surface area contributed by atoms with E-state index < -0.39 is 0 Å². The number of rotatable bonds is 6. The molecule has 114 valence electrons. The van der Waals surface area contributed by atoms with Crippen molar-refractivity contribution in [2.45, 2.75) is 71.3 Å². The van der Waals surface area contributed by atoms with Gasteiger partial charge in [0.25, 0.3) is 0 Å². The summed E-state index contributed by atoms with van der Waals surface area (Å²) in [4.78, 5) is 2.73. The van der Waals surface area contributed by atoms with Gasteiger partial charge in [0.1, 0.15) is 0 Å². The fraction of sp³-hybridized carbons (Fsp3) is 0.824. The third kappa shape index (κ3) is 3.63. The zero-order valence-corrected chi connectivity index (χ0v) is 13.5. The Morgan fingerprint density at radius 2 is 1.90 bits per heavy atom. The van der Waals surface area contributed by atoms with Gasteiger partial charge in [-0.25, -0.2) is 0 Å². The first-order valence-electron chi connectivity index (χ1n) is 8.48. The van der Waals surface area contributed by atoms with E-state index in [1.165, 1.54) is 63.7 Å². The predicted octanol–water partition coefficient (Wildman–Crippen LogP) is 3.72. The van der Waals surface area contributed by atoms with Crippen LogP contribution in [0.15, 0.2) is 16.2 Å². The van der Waals surface area contributed by atoms with E-state index in [1.54, 1.807) is 11.1 Å². The van der Waals surface area contributed by atoms with E-state index in [1.807, 2.05) is 7.05 Å². The number of hydrogen-bond acceptors (Lipinski definition) is 3. The predicted molar refractivity (Wildman–Crippen MR) is 87.2 cm³/mol. The SMILES string of the molecule is CCCN(CCC)C1CCC2=C(CCC/C2=N\NC)C1. The van der Waals surface area contributed by atoms with Crippen molar-refractivity contribution in [3.63, 3.8) is 0 Å². The Bertz CT molecular complexity index is 364. The molecule has 2 rings (SSSR count). The van der Waals surface area contributed by atoms with Gasteiger partial charge < -0.3 is 10.3 Å². The molecule has 1 N–H and O–H groups in total. The van der Waals surface area contributed by atoms with E-state index in [2.05, 4.69) is 29.3 Å². The van der Waals surface area contributed by atoms with Gasteiger partial charge in [-0.1, -0.05) is 19.4 Å². The van der Waals surface area contributed by atoms with Gasteiger partial charge in [-0.3, -0.25) is 0 Å². The fourth-order valence-electron chi connectivity index (χ4n) is 3.84. The van der Waals surface area contributed by atoms with Crippen molar-refractivity contribution in [2.75, 3.05) is 20.1 Å². The van der Waals surface area contributed by atoms with Gasteiger partial charge in [0.2, 0.25) is 0 Å². The first kappa shape index (κ1) is 15.6. The average molecular weight is 277 g/mol. The largest absolute Gasteiger partial charge is 0.313 e. The van der Waals surface area contributed by atoms with Crippen LogP contribution in [-0.4, -0.2) is 36.8 Å². The third-order valence-corrected chi connectivity index (χ3v) is 4.66. The molecule has 1 atom stereocenters. The van der Waals surface area contributed by atoms with Gasteiger partial charge in [-0.2, -0.15) is 5.10 Å². The van der Waals surface area contributed by atoms with Gasteiger partial charge >= 0.3 is 0 Å². The Morgan fingerprint density at radius 3 is 2.55 bits per heavy atom. The molecule has 0 radical (unpaired) electrons. The molecule has 2 aliphatic rings. The molecule has 0 aliphatic heterocycles. The summed E-state index contributed by atoms with van der Waals surface area (Å²) in [6.07, 6.45) is 10.2. The molecule has 2 aliphatic carbocycles. The van der Waals surface area contributed by atoms with Gasteiger partial charge in [-0.05, 0) is 70.0 Å². The molecule has 0 aromatic heterocycles. The number of nitrogens with zero attached hydrogens (tertiary/aromatic N) is 2. The lowest BCUT2D eigenvalue weighted by molar-refractivity contribution is 0.179. The van der Waals surface area contributed by atoms with Crippen LogP contribution >= 0.6 is 0 Å². The second-order valence-corrected chi connectivity index (χ2v) is 6.15. The Kier molecular flexibility index (Phi) is 6.08. The summed E-state index contributed by atoms with van der Waals surface area (Å²) in [6, 6.07) is 0.780. The van der Waals surface area contributed by atoms with Gasteiger partial charge in [-0.15, -0.1) is 0 Å². The highest BCUT2D eigenvalue weighted by molar-refractivity contribution is 6.01. The minimum Gasteiger partial charge on any atom is -0.313 e. The Hall–Kier alpha value is -0.830. The van der Waals surface area contributed by atoms with Crippen molar-refractivity contribution in [1.29, 1.82) is 0 Å². The highest BCUT2D eigenvalue weighted by Crippen LogP contribution is 2.36. The maximum atomic E-state index is 4.51. The van der Waals surface area contributed by atoms with Gasteiger partial charge in [0, 0.05) is 13.1 Å². The Morgan fingerprint density at radius 1 is 1.15 bits per heavy atom. The van der Waals surface area contributed by atoms with Crippen LogP contribution in [0.3, 0.4) is 0 Å². The zero-order valence-electron chi connectivity index (χ0n) is 13.5. The Balaban J connectivity index is 2.08. The molecule has 3 heteroatoms. The first-order chi connectivity index (χ1) is 9.80. The van der Waals surface area contributed by atoms with Crippen LogP contribution in [0.25, 0.3) is 0 Å². The lowest BCUT2D eigenvalue weighted by Gasteiger charge is -2.37. The molecule has 20 heavy (non-hydrogen) atoms. The summed E-state index contributed by atoms with van der Waals surface area (Å²) >= 11 is 0. The van der Waals surface area contributed by atoms with E-state index in [0.717, 1.165) is 12.5 Å². The van der Waals surface area contributed by atoms with Crippen LogP contribution < -0.4 is 5.43 Å². The van der Waals surface area contributed by atoms with Crippen LogP contribution in [0, 0.1) is 0 Å². The van der Waals surface area contributed by atoms with Crippen LogP contribution in [0.2, 0.25) is 0 Å². The molecule has 0 amide bonds. The molecular weight excluding hydrogens is 246 g/mol. The van der Waals surface area contributed by atoms with E-state index in [9.17, 15) is 0 Å². The maximum Gasteiger partial charge on any atom is 0.0634 e. The number of allylic oxidation sites excluding steroid dienone is 1. The van der Waals surface area contributed by atoms with Crippen molar-refractivity contribution >= 4 is 5.71 Å². The second-order valence-electron chi connectivity index (χ2n) is 6.15. The molecule has 1 unspecified atom stereocenters. The standard InChI is InChI=1S/C17H31N3/c1-4-11-20(12-5-2)15-9-10-16-14(13-15)7-6-8-17(16)19-18-3/h15,18H,4-13H2,1-3H3/b19-17+. The van der Waals surface area contributed by atoms with E-state index in [4.69, 9.17) is 0 Å². The molecule has 0 bridgehead atoms. The van der Waals surface area contributed by atoms with E-state index in [-0.39, 0.29) is 0 Å². The quantitative estimate of drug-likeness (QED) is 0.749. The van der Waals surface area contributed by atoms with Gasteiger partial charge in [0.15, 0.2) is 0 Å². The van der Waals surface area contributed by atoms with Crippen molar-refractivity contribution in [2.24, 2.45) is 5.10 Å². The molecule has 3 nitrogen and oxygen atoms in total. The summed E-state index contributed by atoms with van der Waals surface area (Å²) in [5.74, 6) is 0. The van der Waals surface area contributed by atoms with Crippen molar-refractivity contribution in [3.05, 3.63) is 11.1 Å². The average Bonchev–Trinajstić information content (AvgIpc) is 2.47. The van der Waals surface area contributed by atoms with Gasteiger partial charge in [0.05, 0.1) is 5.71 Å². The lowest BCUT2D eigenvalue weighted by Crippen LogP contribution is -2.39. The fourth-order valence-corrected chi connectivity index (χ4v) is 3.84. The summed E-state index contributed by atoms with van der Waals surface area (Å²) in [5.41, 5.74) is 7.63. The monoisotopic (exact) mass is 277 g/mol. The minimum atomic E-state index is 0.780. The molecular formula is C17H31N3. The number of hydrogen-bond donors (Lipinski definition) is 1. The summed E-state index contributed by atoms with van der Waals surface area (Å²) < 4.78 is 0. The minimum absolute atomic E-state index is 0.780. The maximum absolute atomic E-state index is 4.51. The van der Waals surface area contributed by atoms with Crippen LogP contribution in [0.4, 0.5) is 0 Å². The number of hydrazone groups is 1. The van der Waals surface area contributed by atoms with Crippen LogP contribution in [0.1, 0.15) is 65.2 Å². The zero-order chi connectivity index (χ0) is 14.4. The van der Waals surface area contributed by atoms with E-state index in [0.29, 0.717) is 0 Å². The highest BCUT2D eigenvalue weighted by atomic mass is 15.3. The topological polar surface area (TPSA) is 27.6 Å². The summed E-state index contributed by atoms with van der Waals surface area (Å²) in [7, 11) is 1.91. The normalized spacial score (nSPS) is 25.2. The Labute approximate surface area is 124 Å². The van der Waals surface area contributed by atoms with Crippen LogP contribution in [0.5, 0.6) is 0 Å². The lowest BCUT2D eigenvalue weighted by atomic mass is 9.78. The van der Waals surface area contributed by atoms with Crippen molar-refractivity contribution in [1.82, 2.24) is 10.3 Å². The molecule has 0 spiro atoms. The highest BCUT2D eigenvalue weighted by Gasteiger charge is 2.28. The smallest absolute Gasteiger partial charge is 0.0634 e. The second kappa shape index (κ2) is 7.82. The van der Waals surface area contributed by atoms with E-state index >= 15 is 0 Å². The molecule has 0 aromatic carbocycles. The van der Waals surface area contributed by atoms with Crippen LogP contribution in [-0.2, 0) is 0 Å². The summed E-state index contributed by atoms with van der Waals surface area (Å²) in [5, 5.41) is 4.51. The molecule has 0 heterocycles. The van der Waals surface area contributed by atoms with Crippen molar-refractivity contribution < 1.29 is 0 Å². The molecule has 0 saturated carbocycles. The molecule has 0 aromatic rings. The first-order valence-corrected chi connectivity index (χ1v) is 8.48. The molecule has 0 saturated heterocycles.